The number of phenolic OH excluding ortho intramolecular Hbond substituents is 2. The predicted octanol–water partition coefficient (Wildman–Crippen LogP) is 2.86. The first-order chi connectivity index (χ1) is 11.4. The minimum atomic E-state index is -0.763. The summed E-state index contributed by atoms with van der Waals surface area (Å²) in [5.41, 5.74) is -0.137. The lowest BCUT2D eigenvalue weighted by Crippen LogP contribution is -2.29. The molecule has 24 heavy (non-hydrogen) atoms. The van der Waals surface area contributed by atoms with Crippen LogP contribution in [0.25, 0.3) is 0 Å². The zero-order valence-electron chi connectivity index (χ0n) is 12.1. The summed E-state index contributed by atoms with van der Waals surface area (Å²) >= 11 is 5.97. The molecule has 0 radical (unpaired) electrons. The second-order valence-corrected chi connectivity index (χ2v) is 5.56. The molecule has 3 N–H and O–H groups in total. The van der Waals surface area contributed by atoms with E-state index in [0.29, 0.717) is 5.56 Å². The van der Waals surface area contributed by atoms with Crippen molar-refractivity contribution in [2.45, 2.75) is 6.54 Å². The zero-order valence-corrected chi connectivity index (χ0v) is 12.9. The number of allylic oxidation sites excluding steroid dienone is 2. The van der Waals surface area contributed by atoms with Gasteiger partial charge in [0.1, 0.15) is 28.0 Å². The molecule has 0 saturated carbocycles. The molecule has 2 aromatic rings. The molecule has 0 saturated heterocycles. The van der Waals surface area contributed by atoms with Gasteiger partial charge in [0.25, 0.3) is 0 Å². The van der Waals surface area contributed by atoms with Crippen molar-refractivity contribution in [2.24, 2.45) is 0 Å². The Kier molecular flexibility index (Phi) is 3.99. The van der Waals surface area contributed by atoms with Gasteiger partial charge in [-0.2, -0.15) is 0 Å². The number of rotatable bonds is 3. The van der Waals surface area contributed by atoms with E-state index in [4.69, 9.17) is 11.6 Å². The van der Waals surface area contributed by atoms with Gasteiger partial charge >= 0.3 is 0 Å². The van der Waals surface area contributed by atoms with Crippen molar-refractivity contribution in [2.75, 3.05) is 0 Å². The summed E-state index contributed by atoms with van der Waals surface area (Å²) in [5.74, 6) is -2.72. The molecule has 0 atom stereocenters. The fraction of sp³-hybridized carbons (Fsp3) is 0.0588. The largest absolute Gasteiger partial charge is 0.507 e. The molecule has 5 nitrogen and oxygen atoms in total. The SMILES string of the molecule is O=C1C(Cl)=C(NCc2ccc(F)cc2)C(=O)c2c(O)ccc(O)c21. The zero-order chi connectivity index (χ0) is 17.4. The van der Waals surface area contributed by atoms with Crippen molar-refractivity contribution in [3.8, 4) is 11.5 Å². The summed E-state index contributed by atoms with van der Waals surface area (Å²) in [6.07, 6.45) is 0. The number of hydrogen-bond acceptors (Lipinski definition) is 5. The van der Waals surface area contributed by atoms with Crippen LogP contribution in [0.1, 0.15) is 26.3 Å². The van der Waals surface area contributed by atoms with Gasteiger partial charge < -0.3 is 15.5 Å². The van der Waals surface area contributed by atoms with E-state index in [1.807, 2.05) is 0 Å². The van der Waals surface area contributed by atoms with Crippen LogP contribution < -0.4 is 5.32 Å². The van der Waals surface area contributed by atoms with Crippen LogP contribution in [0, 0.1) is 5.82 Å². The number of Topliss-reactive ketones (excluding diaryl/α,β-unsaturated/α-hetero) is 2. The molecule has 0 bridgehead atoms. The molecule has 0 spiro atoms. The third kappa shape index (κ3) is 2.61. The highest BCUT2D eigenvalue weighted by molar-refractivity contribution is 6.50. The van der Waals surface area contributed by atoms with Crippen molar-refractivity contribution < 1.29 is 24.2 Å². The van der Waals surface area contributed by atoms with E-state index in [0.717, 1.165) is 12.1 Å². The van der Waals surface area contributed by atoms with Crippen LogP contribution in [0.2, 0.25) is 0 Å². The second kappa shape index (κ2) is 5.98. The molecule has 1 aliphatic rings. The summed E-state index contributed by atoms with van der Waals surface area (Å²) in [7, 11) is 0. The molecule has 0 amide bonds. The molecular formula is C17H11ClFNO4. The first kappa shape index (κ1) is 16.0. The lowest BCUT2D eigenvalue weighted by atomic mass is 9.90. The monoisotopic (exact) mass is 347 g/mol. The van der Waals surface area contributed by atoms with Crippen LogP contribution in [0.15, 0.2) is 47.1 Å². The molecule has 2 aromatic carbocycles. The molecule has 7 heteroatoms. The van der Waals surface area contributed by atoms with Crippen LogP contribution in [-0.2, 0) is 6.54 Å². The summed E-state index contributed by atoms with van der Waals surface area (Å²) in [6, 6.07) is 7.79. The van der Waals surface area contributed by atoms with E-state index >= 15 is 0 Å². The Morgan fingerprint density at radius 3 is 2.04 bits per heavy atom. The van der Waals surface area contributed by atoms with Gasteiger partial charge in [-0.25, -0.2) is 4.39 Å². The molecule has 0 aliphatic heterocycles. The Hall–Kier alpha value is -2.86. The minimum Gasteiger partial charge on any atom is -0.507 e. The number of halogens is 2. The molecule has 3 rings (SSSR count). The number of benzene rings is 2. The average Bonchev–Trinajstić information content (AvgIpc) is 2.56. The maximum atomic E-state index is 12.9. The van der Waals surface area contributed by atoms with E-state index in [1.54, 1.807) is 0 Å². The third-order valence-corrected chi connectivity index (χ3v) is 4.00. The number of hydrogen-bond donors (Lipinski definition) is 3. The van der Waals surface area contributed by atoms with E-state index in [-0.39, 0.29) is 28.4 Å². The average molecular weight is 348 g/mol. The topological polar surface area (TPSA) is 86.6 Å². The van der Waals surface area contributed by atoms with Crippen LogP contribution in [0.5, 0.6) is 11.5 Å². The predicted molar refractivity (Wildman–Crippen MR) is 84.6 cm³/mol. The van der Waals surface area contributed by atoms with Crippen LogP contribution in [0.3, 0.4) is 0 Å². The number of ketones is 2. The maximum Gasteiger partial charge on any atom is 0.215 e. The van der Waals surface area contributed by atoms with Gasteiger partial charge in [-0.3, -0.25) is 9.59 Å². The van der Waals surface area contributed by atoms with Gasteiger partial charge in [-0.05, 0) is 29.8 Å². The van der Waals surface area contributed by atoms with Gasteiger partial charge in [0.05, 0.1) is 11.1 Å². The molecule has 122 valence electrons. The molecule has 0 aromatic heterocycles. The first-order valence-electron chi connectivity index (χ1n) is 6.92. The Morgan fingerprint density at radius 1 is 0.917 bits per heavy atom. The number of phenols is 2. The van der Waals surface area contributed by atoms with Crippen molar-refractivity contribution in [3.05, 3.63) is 69.6 Å². The van der Waals surface area contributed by atoms with Gasteiger partial charge in [-0.15, -0.1) is 0 Å². The fourth-order valence-corrected chi connectivity index (χ4v) is 2.69. The Morgan fingerprint density at radius 2 is 1.46 bits per heavy atom. The highest BCUT2D eigenvalue weighted by atomic mass is 35.5. The van der Waals surface area contributed by atoms with Gasteiger partial charge in [-0.1, -0.05) is 23.7 Å². The smallest absolute Gasteiger partial charge is 0.215 e. The number of nitrogens with one attached hydrogen (secondary N) is 1. The highest BCUT2D eigenvalue weighted by Gasteiger charge is 2.35. The Bertz CT molecular complexity index is 890. The van der Waals surface area contributed by atoms with Gasteiger partial charge in [0, 0.05) is 6.54 Å². The summed E-state index contributed by atoms with van der Waals surface area (Å²) in [6.45, 7) is 0.125. The summed E-state index contributed by atoms with van der Waals surface area (Å²) in [5, 5.41) is 22.0. The number of carbonyl (C=O) groups is 2. The van der Waals surface area contributed by atoms with E-state index in [1.165, 1.54) is 24.3 Å². The third-order valence-electron chi connectivity index (χ3n) is 3.64. The maximum absolute atomic E-state index is 12.9. The van der Waals surface area contributed by atoms with Gasteiger partial charge in [0.15, 0.2) is 0 Å². The molecule has 0 fully saturated rings. The molecule has 0 heterocycles. The lowest BCUT2D eigenvalue weighted by Gasteiger charge is -2.20. The Balaban J connectivity index is 1.95. The summed E-state index contributed by atoms with van der Waals surface area (Å²) in [4.78, 5) is 24.8. The number of carbonyl (C=O) groups excluding carboxylic acids is 2. The molecule has 1 aliphatic carbocycles. The number of aromatic hydroxyl groups is 2. The Labute approximate surface area is 141 Å². The van der Waals surface area contributed by atoms with E-state index in [9.17, 15) is 24.2 Å². The molecular weight excluding hydrogens is 337 g/mol. The molecule has 0 unspecified atom stereocenters. The number of fused-ring (bicyclic) bond motifs is 1. The second-order valence-electron chi connectivity index (χ2n) is 5.18. The fourth-order valence-electron chi connectivity index (χ4n) is 2.44. The normalized spacial score (nSPS) is 13.9. The van der Waals surface area contributed by atoms with Crippen molar-refractivity contribution in [3.63, 3.8) is 0 Å². The quantitative estimate of drug-likeness (QED) is 0.743. The van der Waals surface area contributed by atoms with E-state index in [2.05, 4.69) is 5.32 Å². The van der Waals surface area contributed by atoms with Crippen molar-refractivity contribution in [1.82, 2.24) is 5.32 Å². The van der Waals surface area contributed by atoms with Crippen molar-refractivity contribution in [1.29, 1.82) is 0 Å². The van der Waals surface area contributed by atoms with Crippen molar-refractivity contribution >= 4 is 23.2 Å². The first-order valence-corrected chi connectivity index (χ1v) is 7.30. The minimum absolute atomic E-state index is 0.125. The lowest BCUT2D eigenvalue weighted by molar-refractivity contribution is 0.0969. The van der Waals surface area contributed by atoms with Crippen LogP contribution in [0.4, 0.5) is 4.39 Å². The van der Waals surface area contributed by atoms with Crippen LogP contribution in [-0.4, -0.2) is 21.8 Å². The standard InChI is InChI=1S/C17H11ClFNO4/c18-14-15(20-7-8-1-3-9(19)4-2-8)17(24)13-11(22)6-5-10(21)12(13)16(14)23/h1-6,20-22H,7H2. The highest BCUT2D eigenvalue weighted by Crippen LogP contribution is 2.37. The van der Waals surface area contributed by atoms with Gasteiger partial charge in [0.2, 0.25) is 11.6 Å². The van der Waals surface area contributed by atoms with E-state index < -0.39 is 28.9 Å². The van der Waals surface area contributed by atoms with Crippen LogP contribution >= 0.6 is 11.6 Å². The summed E-state index contributed by atoms with van der Waals surface area (Å²) < 4.78 is 12.9.